The van der Waals surface area contributed by atoms with Crippen molar-refractivity contribution >= 4 is 23.8 Å². The highest BCUT2D eigenvalue weighted by atomic mass is 32.2. The van der Waals surface area contributed by atoms with Gasteiger partial charge in [0.2, 0.25) is 0 Å². The van der Waals surface area contributed by atoms with Crippen molar-refractivity contribution < 1.29 is 14.7 Å². The molecule has 0 atom stereocenters. The quantitative estimate of drug-likeness (QED) is 0.700. The van der Waals surface area contributed by atoms with Crippen LogP contribution in [0.1, 0.15) is 46.0 Å². The molecule has 1 aliphatic rings. The molecule has 1 rings (SSSR count). The van der Waals surface area contributed by atoms with E-state index < -0.39 is 11.5 Å². The van der Waals surface area contributed by atoms with E-state index in [-0.39, 0.29) is 17.2 Å². The first-order chi connectivity index (χ1) is 8.79. The molecule has 0 heterocycles. The molecular weight excluding hydrogens is 264 g/mol. The molecule has 1 aliphatic carbocycles. The lowest BCUT2D eigenvalue weighted by Crippen LogP contribution is -2.51. The summed E-state index contributed by atoms with van der Waals surface area (Å²) in [6, 6.07) is -0.286. The molecule has 0 aromatic heterocycles. The Labute approximate surface area is 118 Å². The molecule has 0 radical (unpaired) electrons. The minimum Gasteiger partial charge on any atom is -0.481 e. The zero-order valence-electron chi connectivity index (χ0n) is 11.9. The van der Waals surface area contributed by atoms with Crippen LogP contribution in [0.25, 0.3) is 0 Å². The van der Waals surface area contributed by atoms with E-state index in [1.807, 2.05) is 11.8 Å². The third kappa shape index (κ3) is 5.30. The zero-order chi connectivity index (χ0) is 14.5. The van der Waals surface area contributed by atoms with Gasteiger partial charge in [0.25, 0.3) is 0 Å². The average molecular weight is 288 g/mol. The van der Waals surface area contributed by atoms with Crippen LogP contribution >= 0.6 is 11.8 Å². The van der Waals surface area contributed by atoms with Crippen LogP contribution in [0.15, 0.2) is 0 Å². The second-order valence-corrected chi connectivity index (χ2v) is 7.13. The number of rotatable bonds is 6. The van der Waals surface area contributed by atoms with E-state index in [1.54, 1.807) is 13.8 Å². The highest BCUT2D eigenvalue weighted by molar-refractivity contribution is 8.00. The van der Waals surface area contributed by atoms with Gasteiger partial charge < -0.3 is 15.7 Å². The van der Waals surface area contributed by atoms with Gasteiger partial charge in [-0.3, -0.25) is 4.79 Å². The molecule has 5 nitrogen and oxygen atoms in total. The molecule has 3 N–H and O–H groups in total. The maximum atomic E-state index is 11.8. The van der Waals surface area contributed by atoms with Crippen LogP contribution in [0, 0.1) is 0 Å². The number of nitrogens with one attached hydrogen (secondary N) is 2. The minimum atomic E-state index is -0.915. The fourth-order valence-corrected chi connectivity index (χ4v) is 3.40. The molecule has 0 saturated heterocycles. The molecule has 19 heavy (non-hydrogen) atoms. The lowest BCUT2D eigenvalue weighted by atomic mass is 10.0. The summed E-state index contributed by atoms with van der Waals surface area (Å²) in [6.45, 7) is 4.06. The summed E-state index contributed by atoms with van der Waals surface area (Å²) < 4.78 is 0.161. The van der Waals surface area contributed by atoms with Gasteiger partial charge in [0.05, 0.1) is 6.42 Å². The Morgan fingerprint density at radius 3 is 2.37 bits per heavy atom. The number of carboxylic acids is 1. The molecule has 110 valence electrons. The van der Waals surface area contributed by atoms with Crippen molar-refractivity contribution in [2.75, 3.05) is 12.8 Å². The summed E-state index contributed by atoms with van der Waals surface area (Å²) in [5, 5.41) is 14.4. The summed E-state index contributed by atoms with van der Waals surface area (Å²) in [5.41, 5.74) is -0.738. The predicted molar refractivity (Wildman–Crippen MR) is 77.6 cm³/mol. The molecule has 1 saturated carbocycles. The summed E-state index contributed by atoms with van der Waals surface area (Å²) in [6.07, 6.45) is 6.69. The first-order valence-electron chi connectivity index (χ1n) is 6.62. The number of carboxylic acid groups (broad SMARTS) is 1. The molecule has 0 spiro atoms. The maximum absolute atomic E-state index is 11.8. The summed E-state index contributed by atoms with van der Waals surface area (Å²) in [4.78, 5) is 22.5. The average Bonchev–Trinajstić information content (AvgIpc) is 2.73. The normalized spacial score (nSPS) is 18.1. The van der Waals surface area contributed by atoms with Crippen LogP contribution < -0.4 is 10.6 Å². The number of carbonyl (C=O) groups is 2. The van der Waals surface area contributed by atoms with Crippen LogP contribution in [-0.2, 0) is 4.79 Å². The molecule has 0 aromatic rings. The van der Waals surface area contributed by atoms with Crippen molar-refractivity contribution in [3.8, 4) is 0 Å². The number of carbonyl (C=O) groups excluding carboxylic acids is 1. The second kappa shape index (κ2) is 6.50. The molecule has 0 aliphatic heterocycles. The first kappa shape index (κ1) is 16.1. The summed E-state index contributed by atoms with van der Waals surface area (Å²) >= 11 is 1.81. The van der Waals surface area contributed by atoms with Gasteiger partial charge in [-0.25, -0.2) is 4.79 Å². The fourth-order valence-electron chi connectivity index (χ4n) is 2.49. The van der Waals surface area contributed by atoms with E-state index in [4.69, 9.17) is 5.11 Å². The molecule has 6 heteroatoms. The van der Waals surface area contributed by atoms with E-state index in [0.717, 1.165) is 12.8 Å². The van der Waals surface area contributed by atoms with E-state index in [9.17, 15) is 9.59 Å². The van der Waals surface area contributed by atoms with Gasteiger partial charge in [-0.1, -0.05) is 12.8 Å². The number of aliphatic carboxylic acids is 1. The van der Waals surface area contributed by atoms with Crippen molar-refractivity contribution in [2.45, 2.75) is 56.2 Å². The highest BCUT2D eigenvalue weighted by Gasteiger charge is 2.33. The smallest absolute Gasteiger partial charge is 0.315 e. The van der Waals surface area contributed by atoms with Gasteiger partial charge in [0.15, 0.2) is 0 Å². The second-order valence-electron chi connectivity index (χ2n) is 5.86. The number of amides is 2. The third-order valence-corrected chi connectivity index (χ3v) is 4.98. The standard InChI is InChI=1S/C13H24N2O3S/c1-12(2,8-10(16)17)15-11(18)14-9-13(19-3)6-4-5-7-13/h4-9H2,1-3H3,(H,16,17)(H2,14,15,18). The lowest BCUT2D eigenvalue weighted by Gasteiger charge is -2.29. The summed E-state index contributed by atoms with van der Waals surface area (Å²) in [7, 11) is 0. The molecule has 0 unspecified atom stereocenters. The van der Waals surface area contributed by atoms with E-state index in [2.05, 4.69) is 16.9 Å². The Kier molecular flexibility index (Phi) is 5.52. The minimum absolute atomic E-state index is 0.0892. The molecule has 0 aromatic carbocycles. The van der Waals surface area contributed by atoms with Crippen molar-refractivity contribution in [3.63, 3.8) is 0 Å². The van der Waals surface area contributed by atoms with E-state index in [0.29, 0.717) is 6.54 Å². The van der Waals surface area contributed by atoms with Crippen LogP contribution in [-0.4, -0.2) is 40.2 Å². The molecule has 2 amide bonds. The van der Waals surface area contributed by atoms with Gasteiger partial charge in [-0.05, 0) is 32.9 Å². The number of hydrogen-bond acceptors (Lipinski definition) is 3. The Bertz CT molecular complexity index is 339. The van der Waals surface area contributed by atoms with Crippen LogP contribution in [0.3, 0.4) is 0 Å². The number of urea groups is 1. The van der Waals surface area contributed by atoms with Crippen LogP contribution in [0.4, 0.5) is 4.79 Å². The number of hydrogen-bond donors (Lipinski definition) is 3. The van der Waals surface area contributed by atoms with Gasteiger partial charge in [0, 0.05) is 16.8 Å². The van der Waals surface area contributed by atoms with Crippen molar-refractivity contribution in [2.24, 2.45) is 0 Å². The topological polar surface area (TPSA) is 78.4 Å². The summed E-state index contributed by atoms with van der Waals surface area (Å²) in [5.74, 6) is -0.915. The maximum Gasteiger partial charge on any atom is 0.315 e. The predicted octanol–water partition coefficient (Wildman–Crippen LogP) is 2.21. The van der Waals surface area contributed by atoms with Crippen molar-refractivity contribution in [3.05, 3.63) is 0 Å². The Morgan fingerprint density at radius 2 is 1.89 bits per heavy atom. The first-order valence-corrected chi connectivity index (χ1v) is 7.84. The third-order valence-electron chi connectivity index (χ3n) is 3.56. The zero-order valence-corrected chi connectivity index (χ0v) is 12.7. The van der Waals surface area contributed by atoms with E-state index in [1.165, 1.54) is 12.8 Å². The van der Waals surface area contributed by atoms with E-state index >= 15 is 0 Å². The van der Waals surface area contributed by atoms with Crippen LogP contribution in [0.2, 0.25) is 0 Å². The molecule has 1 fully saturated rings. The van der Waals surface area contributed by atoms with Crippen molar-refractivity contribution in [1.82, 2.24) is 10.6 Å². The van der Waals surface area contributed by atoms with Gasteiger partial charge >= 0.3 is 12.0 Å². The monoisotopic (exact) mass is 288 g/mol. The lowest BCUT2D eigenvalue weighted by molar-refractivity contribution is -0.138. The Hall–Kier alpha value is -0.910. The van der Waals surface area contributed by atoms with Gasteiger partial charge in [-0.15, -0.1) is 0 Å². The number of thioether (sulfide) groups is 1. The SMILES string of the molecule is CSC1(CNC(=O)NC(C)(C)CC(=O)O)CCCC1. The van der Waals surface area contributed by atoms with Gasteiger partial charge in [0.1, 0.15) is 0 Å². The molecule has 0 bridgehead atoms. The van der Waals surface area contributed by atoms with Crippen molar-refractivity contribution in [1.29, 1.82) is 0 Å². The largest absolute Gasteiger partial charge is 0.481 e. The molecular formula is C13H24N2O3S. The Morgan fingerprint density at radius 1 is 1.32 bits per heavy atom. The Balaban J connectivity index is 2.41. The van der Waals surface area contributed by atoms with Crippen LogP contribution in [0.5, 0.6) is 0 Å². The highest BCUT2D eigenvalue weighted by Crippen LogP contribution is 2.39. The fraction of sp³-hybridized carbons (Fsp3) is 0.846. The van der Waals surface area contributed by atoms with Gasteiger partial charge in [-0.2, -0.15) is 11.8 Å².